The highest BCUT2D eigenvalue weighted by molar-refractivity contribution is 6.24. The summed E-state index contributed by atoms with van der Waals surface area (Å²) in [6, 6.07) is 1.53. The van der Waals surface area contributed by atoms with E-state index in [2.05, 4.69) is 4.98 Å². The van der Waals surface area contributed by atoms with Crippen LogP contribution in [-0.4, -0.2) is 43.2 Å². The molecule has 2 heterocycles. The zero-order chi connectivity index (χ0) is 13.1. The molecule has 0 unspecified atom stereocenters. The Bertz CT molecular complexity index is 467. The summed E-state index contributed by atoms with van der Waals surface area (Å²) >= 11 is 0. The number of aliphatic hydroxyl groups excluding tert-OH is 1. The first kappa shape index (κ1) is 13.2. The first-order valence-electron chi connectivity index (χ1n) is 5.87. The molecule has 3 N–H and O–H groups in total. The zero-order valence-corrected chi connectivity index (χ0v) is 11.6. The van der Waals surface area contributed by atoms with Crippen LogP contribution in [0.1, 0.15) is 12.6 Å². The van der Waals surface area contributed by atoms with E-state index in [9.17, 15) is 9.90 Å². The maximum Gasteiger partial charge on any atom is 0.351 e. The van der Waals surface area contributed by atoms with Crippen molar-refractivity contribution in [2.45, 2.75) is 31.4 Å². The number of nitrogens with two attached hydrogens (primary N) is 1. The Morgan fingerprint density at radius 2 is 2.56 bits per heavy atom. The summed E-state index contributed by atoms with van der Waals surface area (Å²) in [6.07, 6.45) is 0.365. The van der Waals surface area contributed by atoms with Crippen LogP contribution in [0, 0.1) is 0 Å². The van der Waals surface area contributed by atoms with Gasteiger partial charge in [-0.2, -0.15) is 4.98 Å². The smallest absolute Gasteiger partial charge is 0.351 e. The van der Waals surface area contributed by atoms with E-state index in [0.29, 0.717) is 13.0 Å². The van der Waals surface area contributed by atoms with Crippen molar-refractivity contribution in [1.29, 1.82) is 0 Å². The summed E-state index contributed by atoms with van der Waals surface area (Å²) in [6.45, 7) is 2.38. The Balaban J connectivity index is 2.09. The minimum absolute atomic E-state index is 0.173. The van der Waals surface area contributed by atoms with E-state index in [1.165, 1.54) is 16.8 Å². The Labute approximate surface area is 106 Å². The molecule has 0 spiro atoms. The summed E-state index contributed by atoms with van der Waals surface area (Å²) in [7, 11) is -0.524. The van der Waals surface area contributed by atoms with Gasteiger partial charge in [-0.25, -0.2) is 4.79 Å². The highest BCUT2D eigenvalue weighted by Crippen LogP contribution is 2.27. The number of hydrogen-bond acceptors (Lipinski definition) is 6. The average molecular weight is 271 g/mol. The molecule has 2 rings (SSSR count). The lowest BCUT2D eigenvalue weighted by atomic mass is 10.2. The van der Waals surface area contributed by atoms with E-state index in [1.54, 1.807) is 0 Å². The van der Waals surface area contributed by atoms with Crippen LogP contribution >= 0.6 is 0 Å². The van der Waals surface area contributed by atoms with Crippen molar-refractivity contribution >= 4 is 15.6 Å². The summed E-state index contributed by atoms with van der Waals surface area (Å²) in [4.78, 5) is 15.3. The van der Waals surface area contributed by atoms with Gasteiger partial charge in [0.1, 0.15) is 18.1 Å². The molecule has 0 saturated carbocycles. The van der Waals surface area contributed by atoms with Gasteiger partial charge in [-0.15, -0.1) is 0 Å². The first-order chi connectivity index (χ1) is 8.61. The highest BCUT2D eigenvalue weighted by atomic mass is 28.2. The molecule has 1 aliphatic heterocycles. The maximum atomic E-state index is 11.6. The molecule has 0 amide bonds. The summed E-state index contributed by atoms with van der Waals surface area (Å²) in [5, 5.41) is 9.84. The van der Waals surface area contributed by atoms with Gasteiger partial charge in [0.05, 0.1) is 12.7 Å². The van der Waals surface area contributed by atoms with Crippen LogP contribution in [0.5, 0.6) is 0 Å². The highest BCUT2D eigenvalue weighted by Gasteiger charge is 2.35. The first-order valence-corrected chi connectivity index (χ1v) is 7.87. The molecule has 0 bridgehead atoms. The number of aromatic nitrogens is 2. The minimum Gasteiger partial charge on any atom is -0.422 e. The normalized spacial score (nSPS) is 28.2. The largest absolute Gasteiger partial charge is 0.422 e. The predicted molar refractivity (Wildman–Crippen MR) is 67.8 cm³/mol. The molecular formula is C10H17N3O4Si. The van der Waals surface area contributed by atoms with E-state index < -0.39 is 27.8 Å². The van der Waals surface area contributed by atoms with Crippen molar-refractivity contribution in [3.05, 3.63) is 22.7 Å². The molecule has 7 nitrogen and oxygen atoms in total. The van der Waals surface area contributed by atoms with Gasteiger partial charge in [-0.1, -0.05) is 6.55 Å². The standard InChI is InChI=1S/C10H17N3O4Si/c1-18-16-5-7-6(14)4-9(17-7)13-3-2-8(11)12-10(13)15/h2-3,6-7,9,14H,4-5,18H2,1H3,(H2,11,12,15)/t6-,7+,9+/m0/s1. The average Bonchev–Trinajstić information content (AvgIpc) is 2.68. The van der Waals surface area contributed by atoms with Crippen molar-refractivity contribution in [2.24, 2.45) is 0 Å². The van der Waals surface area contributed by atoms with Crippen molar-refractivity contribution < 1.29 is 14.3 Å². The molecule has 18 heavy (non-hydrogen) atoms. The molecule has 8 heteroatoms. The molecule has 0 aliphatic carbocycles. The third-order valence-corrected chi connectivity index (χ3v) is 3.50. The van der Waals surface area contributed by atoms with Crippen LogP contribution < -0.4 is 11.4 Å². The second-order valence-electron chi connectivity index (χ2n) is 4.13. The molecule has 100 valence electrons. The number of aliphatic hydroxyl groups is 1. The number of anilines is 1. The fraction of sp³-hybridized carbons (Fsp3) is 0.600. The Kier molecular flexibility index (Phi) is 4.12. The van der Waals surface area contributed by atoms with Crippen LogP contribution in [0.4, 0.5) is 5.82 Å². The van der Waals surface area contributed by atoms with Gasteiger partial charge in [0, 0.05) is 12.6 Å². The number of nitrogen functional groups attached to an aromatic ring is 1. The second-order valence-corrected chi connectivity index (χ2v) is 5.12. The summed E-state index contributed by atoms with van der Waals surface area (Å²) in [5.41, 5.74) is 4.94. The number of nitrogens with zero attached hydrogens (tertiary/aromatic N) is 2. The van der Waals surface area contributed by atoms with Gasteiger partial charge in [-0.3, -0.25) is 4.57 Å². The lowest BCUT2D eigenvalue weighted by Gasteiger charge is -2.15. The molecule has 3 atom stereocenters. The minimum atomic E-state index is -0.625. The Hall–Kier alpha value is -1.22. The van der Waals surface area contributed by atoms with Crippen LogP contribution in [-0.2, 0) is 9.16 Å². The molecule has 1 aromatic heterocycles. The zero-order valence-electron chi connectivity index (χ0n) is 10.2. The van der Waals surface area contributed by atoms with Crippen molar-refractivity contribution in [3.8, 4) is 0 Å². The third-order valence-electron chi connectivity index (χ3n) is 2.85. The lowest BCUT2D eigenvalue weighted by molar-refractivity contribution is -0.0405. The molecular weight excluding hydrogens is 254 g/mol. The Morgan fingerprint density at radius 3 is 3.22 bits per heavy atom. The van der Waals surface area contributed by atoms with Gasteiger partial charge in [0.25, 0.3) is 0 Å². The topological polar surface area (TPSA) is 99.6 Å². The number of hydrogen-bond donors (Lipinski definition) is 2. The van der Waals surface area contributed by atoms with E-state index in [-0.39, 0.29) is 11.9 Å². The quantitative estimate of drug-likeness (QED) is 0.655. The van der Waals surface area contributed by atoms with Gasteiger partial charge >= 0.3 is 5.69 Å². The summed E-state index contributed by atoms with van der Waals surface area (Å²) < 4.78 is 12.3. The Morgan fingerprint density at radius 1 is 1.78 bits per heavy atom. The van der Waals surface area contributed by atoms with E-state index in [0.717, 1.165) is 0 Å². The van der Waals surface area contributed by atoms with Crippen LogP contribution in [0.2, 0.25) is 6.55 Å². The fourth-order valence-electron chi connectivity index (χ4n) is 1.91. The van der Waals surface area contributed by atoms with Gasteiger partial charge < -0.3 is 20.0 Å². The molecule has 1 saturated heterocycles. The van der Waals surface area contributed by atoms with Crippen molar-refractivity contribution in [3.63, 3.8) is 0 Å². The van der Waals surface area contributed by atoms with Gasteiger partial charge in [0.2, 0.25) is 0 Å². The molecule has 0 aromatic carbocycles. The van der Waals surface area contributed by atoms with Crippen LogP contribution in [0.25, 0.3) is 0 Å². The van der Waals surface area contributed by atoms with Crippen molar-refractivity contribution in [2.75, 3.05) is 12.3 Å². The molecule has 1 aromatic rings. The molecule has 1 fully saturated rings. The second kappa shape index (κ2) is 5.61. The molecule has 0 radical (unpaired) electrons. The van der Waals surface area contributed by atoms with Crippen LogP contribution in [0.3, 0.4) is 0 Å². The number of ether oxygens (including phenoxy) is 1. The SMILES string of the molecule is C[SiH2]OC[C@H]1O[C@@H](n2ccc(N)nc2=O)C[C@@H]1O. The van der Waals surface area contributed by atoms with E-state index in [1.807, 2.05) is 6.55 Å². The number of rotatable bonds is 4. The summed E-state index contributed by atoms with van der Waals surface area (Å²) in [5.74, 6) is 0.173. The van der Waals surface area contributed by atoms with E-state index >= 15 is 0 Å². The monoisotopic (exact) mass is 271 g/mol. The predicted octanol–water partition coefficient (Wildman–Crippen LogP) is -1.38. The van der Waals surface area contributed by atoms with Gasteiger partial charge in [0.15, 0.2) is 9.76 Å². The third kappa shape index (κ3) is 2.78. The van der Waals surface area contributed by atoms with Gasteiger partial charge in [-0.05, 0) is 6.07 Å². The maximum absolute atomic E-state index is 11.6. The van der Waals surface area contributed by atoms with Crippen molar-refractivity contribution in [1.82, 2.24) is 9.55 Å². The van der Waals surface area contributed by atoms with Crippen LogP contribution in [0.15, 0.2) is 17.1 Å². The fourth-order valence-corrected chi connectivity index (χ4v) is 2.38. The lowest BCUT2D eigenvalue weighted by Crippen LogP contribution is -2.28. The molecule has 1 aliphatic rings. The van der Waals surface area contributed by atoms with E-state index in [4.69, 9.17) is 14.9 Å².